The Morgan fingerprint density at radius 1 is 1.43 bits per heavy atom. The standard InChI is InChI=1S/C18H17BrN2OS/c1-2-11-3-8-14-15(10-20)18(23-16(14)9-11)21-17(22)12-4-6-13(19)7-5-12/h4-7,11H,2-3,8-9H2,1H3,(H,21,22). The minimum atomic E-state index is -0.167. The van der Waals surface area contributed by atoms with Gasteiger partial charge < -0.3 is 5.32 Å². The molecule has 3 nitrogen and oxygen atoms in total. The summed E-state index contributed by atoms with van der Waals surface area (Å²) in [4.78, 5) is 13.7. The third kappa shape index (κ3) is 3.34. The normalized spacial score (nSPS) is 16.5. The van der Waals surface area contributed by atoms with Crippen molar-refractivity contribution in [3.63, 3.8) is 0 Å². The average Bonchev–Trinajstić information content (AvgIpc) is 2.91. The van der Waals surface area contributed by atoms with E-state index in [1.165, 1.54) is 11.3 Å². The van der Waals surface area contributed by atoms with E-state index < -0.39 is 0 Å². The van der Waals surface area contributed by atoms with Gasteiger partial charge in [0.15, 0.2) is 0 Å². The van der Waals surface area contributed by atoms with Gasteiger partial charge in [0.1, 0.15) is 11.1 Å². The Hall–Kier alpha value is -1.64. The van der Waals surface area contributed by atoms with E-state index in [4.69, 9.17) is 0 Å². The molecule has 0 spiro atoms. The molecule has 1 aromatic carbocycles. The van der Waals surface area contributed by atoms with E-state index in [-0.39, 0.29) is 5.91 Å². The summed E-state index contributed by atoms with van der Waals surface area (Å²) in [6.45, 7) is 2.21. The third-order valence-electron chi connectivity index (χ3n) is 4.39. The molecule has 0 bridgehead atoms. The monoisotopic (exact) mass is 388 g/mol. The Kier molecular flexibility index (Phi) is 4.84. The highest BCUT2D eigenvalue weighted by Gasteiger charge is 2.25. The fourth-order valence-electron chi connectivity index (χ4n) is 2.99. The molecule has 1 atom stereocenters. The lowest BCUT2D eigenvalue weighted by Crippen LogP contribution is -2.12. The Labute approximate surface area is 148 Å². The van der Waals surface area contributed by atoms with Crippen LogP contribution >= 0.6 is 27.3 Å². The summed E-state index contributed by atoms with van der Waals surface area (Å²) in [5.74, 6) is 0.530. The van der Waals surface area contributed by atoms with Gasteiger partial charge >= 0.3 is 0 Å². The molecule has 2 aromatic rings. The number of nitrogens with one attached hydrogen (secondary N) is 1. The van der Waals surface area contributed by atoms with E-state index in [1.54, 1.807) is 23.5 Å². The molecule has 1 aliphatic rings. The number of hydrogen-bond donors (Lipinski definition) is 1. The molecule has 1 unspecified atom stereocenters. The quantitative estimate of drug-likeness (QED) is 0.789. The Bertz CT molecular complexity index is 774. The lowest BCUT2D eigenvalue weighted by Gasteiger charge is -2.20. The molecule has 3 rings (SSSR count). The van der Waals surface area contributed by atoms with Crippen molar-refractivity contribution in [2.45, 2.75) is 32.6 Å². The van der Waals surface area contributed by atoms with Gasteiger partial charge in [0.25, 0.3) is 5.91 Å². The van der Waals surface area contributed by atoms with Gasteiger partial charge in [-0.15, -0.1) is 11.3 Å². The number of amides is 1. The number of rotatable bonds is 3. The number of halogens is 1. The van der Waals surface area contributed by atoms with E-state index in [2.05, 4.69) is 34.2 Å². The van der Waals surface area contributed by atoms with Crippen LogP contribution in [0.3, 0.4) is 0 Å². The van der Waals surface area contributed by atoms with Crippen molar-refractivity contribution in [1.82, 2.24) is 0 Å². The number of nitrogens with zero attached hydrogens (tertiary/aromatic N) is 1. The number of benzene rings is 1. The second kappa shape index (κ2) is 6.86. The Balaban J connectivity index is 1.86. The number of fused-ring (bicyclic) bond motifs is 1. The minimum Gasteiger partial charge on any atom is -0.312 e. The van der Waals surface area contributed by atoms with Crippen molar-refractivity contribution in [1.29, 1.82) is 5.26 Å². The highest BCUT2D eigenvalue weighted by Crippen LogP contribution is 2.40. The van der Waals surface area contributed by atoms with Crippen LogP contribution in [-0.2, 0) is 12.8 Å². The van der Waals surface area contributed by atoms with Crippen molar-refractivity contribution < 1.29 is 4.79 Å². The molecular weight excluding hydrogens is 372 g/mol. The molecule has 23 heavy (non-hydrogen) atoms. The highest BCUT2D eigenvalue weighted by atomic mass is 79.9. The summed E-state index contributed by atoms with van der Waals surface area (Å²) in [6.07, 6.45) is 4.27. The molecule has 0 radical (unpaired) electrons. The molecule has 0 saturated heterocycles. The van der Waals surface area contributed by atoms with Crippen LogP contribution in [0.2, 0.25) is 0 Å². The molecule has 0 aliphatic heterocycles. The van der Waals surface area contributed by atoms with E-state index >= 15 is 0 Å². The molecule has 5 heteroatoms. The SMILES string of the molecule is CCC1CCc2c(sc(NC(=O)c3ccc(Br)cc3)c2C#N)C1. The van der Waals surface area contributed by atoms with Crippen LogP contribution in [0.25, 0.3) is 0 Å². The van der Waals surface area contributed by atoms with Crippen molar-refractivity contribution in [2.24, 2.45) is 5.92 Å². The summed E-state index contributed by atoms with van der Waals surface area (Å²) < 4.78 is 0.934. The zero-order valence-corrected chi connectivity index (χ0v) is 15.3. The summed E-state index contributed by atoms with van der Waals surface area (Å²) in [5.41, 5.74) is 2.40. The average molecular weight is 389 g/mol. The lowest BCUT2D eigenvalue weighted by atomic mass is 9.86. The minimum absolute atomic E-state index is 0.167. The van der Waals surface area contributed by atoms with Gasteiger partial charge in [0.05, 0.1) is 5.56 Å². The molecule has 0 saturated carbocycles. The van der Waals surface area contributed by atoms with Crippen molar-refractivity contribution >= 4 is 38.2 Å². The maximum atomic E-state index is 12.4. The van der Waals surface area contributed by atoms with E-state index in [9.17, 15) is 10.1 Å². The predicted molar refractivity (Wildman–Crippen MR) is 96.9 cm³/mol. The van der Waals surface area contributed by atoms with Gasteiger partial charge in [-0.1, -0.05) is 29.3 Å². The molecule has 118 valence electrons. The number of carbonyl (C=O) groups is 1. The fraction of sp³-hybridized carbons (Fsp3) is 0.333. The van der Waals surface area contributed by atoms with E-state index in [1.807, 2.05) is 12.1 Å². The third-order valence-corrected chi connectivity index (χ3v) is 6.09. The Morgan fingerprint density at radius 3 is 2.83 bits per heavy atom. The zero-order valence-electron chi connectivity index (χ0n) is 12.9. The number of thiophene rings is 1. The molecule has 1 N–H and O–H groups in total. The zero-order chi connectivity index (χ0) is 16.4. The number of carbonyl (C=O) groups excluding carboxylic acids is 1. The van der Waals surface area contributed by atoms with Crippen molar-refractivity contribution in [3.05, 3.63) is 50.3 Å². The van der Waals surface area contributed by atoms with Crippen molar-refractivity contribution in [2.75, 3.05) is 5.32 Å². The second-order valence-electron chi connectivity index (χ2n) is 5.80. The van der Waals surface area contributed by atoms with Crippen LogP contribution in [0, 0.1) is 17.2 Å². The summed E-state index contributed by atoms with van der Waals surface area (Å²) in [5, 5.41) is 13.1. The van der Waals surface area contributed by atoms with Gasteiger partial charge in [-0.3, -0.25) is 4.79 Å². The first-order valence-electron chi connectivity index (χ1n) is 7.74. The maximum absolute atomic E-state index is 12.4. The summed E-state index contributed by atoms with van der Waals surface area (Å²) in [7, 11) is 0. The van der Waals surface area contributed by atoms with E-state index in [0.717, 1.165) is 29.3 Å². The molecule has 1 aliphatic carbocycles. The van der Waals surface area contributed by atoms with Crippen LogP contribution in [0.4, 0.5) is 5.00 Å². The van der Waals surface area contributed by atoms with Gasteiger partial charge in [0, 0.05) is 14.9 Å². The highest BCUT2D eigenvalue weighted by molar-refractivity contribution is 9.10. The molecule has 1 amide bonds. The van der Waals surface area contributed by atoms with Crippen LogP contribution in [0.5, 0.6) is 0 Å². The summed E-state index contributed by atoms with van der Waals surface area (Å²) in [6, 6.07) is 9.51. The first-order chi connectivity index (χ1) is 11.1. The fourth-order valence-corrected chi connectivity index (χ4v) is 4.56. The number of hydrogen-bond acceptors (Lipinski definition) is 3. The van der Waals surface area contributed by atoms with Gasteiger partial charge in [-0.05, 0) is 55.0 Å². The first kappa shape index (κ1) is 16.2. The summed E-state index contributed by atoms with van der Waals surface area (Å²) >= 11 is 4.93. The van der Waals surface area contributed by atoms with Crippen LogP contribution < -0.4 is 5.32 Å². The number of anilines is 1. The maximum Gasteiger partial charge on any atom is 0.256 e. The molecule has 1 aromatic heterocycles. The molecule has 1 heterocycles. The van der Waals surface area contributed by atoms with Crippen LogP contribution in [0.1, 0.15) is 46.1 Å². The van der Waals surface area contributed by atoms with Crippen LogP contribution in [-0.4, -0.2) is 5.91 Å². The predicted octanol–water partition coefficient (Wildman–Crippen LogP) is 5.15. The molecular formula is C18H17BrN2OS. The Morgan fingerprint density at radius 2 is 2.17 bits per heavy atom. The van der Waals surface area contributed by atoms with Crippen LogP contribution in [0.15, 0.2) is 28.7 Å². The van der Waals surface area contributed by atoms with Gasteiger partial charge in [-0.25, -0.2) is 0 Å². The first-order valence-corrected chi connectivity index (χ1v) is 9.34. The smallest absolute Gasteiger partial charge is 0.256 e. The lowest BCUT2D eigenvalue weighted by molar-refractivity contribution is 0.102. The topological polar surface area (TPSA) is 52.9 Å². The van der Waals surface area contributed by atoms with E-state index in [0.29, 0.717) is 22.0 Å². The molecule has 0 fully saturated rings. The van der Waals surface area contributed by atoms with Gasteiger partial charge in [0.2, 0.25) is 0 Å². The van der Waals surface area contributed by atoms with Crippen molar-refractivity contribution in [3.8, 4) is 6.07 Å². The largest absolute Gasteiger partial charge is 0.312 e. The number of nitriles is 1. The second-order valence-corrected chi connectivity index (χ2v) is 7.82. The van der Waals surface area contributed by atoms with Gasteiger partial charge in [-0.2, -0.15) is 5.26 Å².